The van der Waals surface area contributed by atoms with Crippen LogP contribution in [0.1, 0.15) is 47.8 Å². The van der Waals surface area contributed by atoms with Crippen LogP contribution in [0.25, 0.3) is 0 Å². The van der Waals surface area contributed by atoms with Gasteiger partial charge >= 0.3 is 5.97 Å². The first-order valence-corrected chi connectivity index (χ1v) is 9.46. The summed E-state index contributed by atoms with van der Waals surface area (Å²) in [7, 11) is 0. The summed E-state index contributed by atoms with van der Waals surface area (Å²) in [6.07, 6.45) is 0. The Kier molecular flexibility index (Phi) is 3.50. The Balaban J connectivity index is 1.78. The molecule has 5 heteroatoms. The second kappa shape index (κ2) is 5.77. The summed E-state index contributed by atoms with van der Waals surface area (Å²) in [6.45, 7) is 5.91. The van der Waals surface area contributed by atoms with Crippen LogP contribution in [0.2, 0.25) is 0 Å². The number of aromatic hydroxyl groups is 1. The summed E-state index contributed by atoms with van der Waals surface area (Å²) in [6, 6.07) is 17.7. The molecule has 1 unspecified atom stereocenters. The first kappa shape index (κ1) is 17.6. The lowest BCUT2D eigenvalue weighted by Crippen LogP contribution is -2.33. The molecule has 5 nitrogen and oxygen atoms in total. The lowest BCUT2D eigenvalue weighted by atomic mass is 9.77. The molecule has 2 aliphatic heterocycles. The second-order valence-corrected chi connectivity index (χ2v) is 8.27. The monoisotopic (exact) mass is 388 g/mol. The predicted molar refractivity (Wildman–Crippen MR) is 107 cm³/mol. The van der Waals surface area contributed by atoms with Gasteiger partial charge in [-0.1, -0.05) is 18.2 Å². The SMILES string of the molecule is CC(C)(C)Oc1ccc2c(c1)Oc1cc(O)ccc1C21OC(=O)c2ccccc21. The summed E-state index contributed by atoms with van der Waals surface area (Å²) >= 11 is 0. The zero-order chi connectivity index (χ0) is 20.4. The maximum absolute atomic E-state index is 12.7. The van der Waals surface area contributed by atoms with Crippen molar-refractivity contribution in [1.82, 2.24) is 0 Å². The van der Waals surface area contributed by atoms with Gasteiger partial charge in [0.2, 0.25) is 0 Å². The maximum atomic E-state index is 12.7. The fourth-order valence-corrected chi connectivity index (χ4v) is 4.06. The molecule has 146 valence electrons. The van der Waals surface area contributed by atoms with Gasteiger partial charge in [-0.25, -0.2) is 4.79 Å². The standard InChI is InChI=1S/C24H20O5/c1-23(2,3)28-15-9-11-19-21(13-15)27-20-12-14(25)8-10-18(20)24(19)17-7-5-4-6-16(17)22(26)29-24/h4-13,25H,1-3H3. The highest BCUT2D eigenvalue weighted by molar-refractivity contribution is 5.97. The molecule has 0 bridgehead atoms. The highest BCUT2D eigenvalue weighted by Crippen LogP contribution is 2.57. The summed E-state index contributed by atoms with van der Waals surface area (Å²) in [5.41, 5.74) is 1.16. The molecule has 0 saturated carbocycles. The van der Waals surface area contributed by atoms with Crippen LogP contribution in [0.15, 0.2) is 60.7 Å². The smallest absolute Gasteiger partial charge is 0.340 e. The van der Waals surface area contributed by atoms with Crippen LogP contribution in [0.4, 0.5) is 0 Å². The number of phenolic OH excluding ortho intramolecular Hbond substituents is 1. The number of fused-ring (bicyclic) bond motifs is 6. The third kappa shape index (κ3) is 2.58. The Morgan fingerprint density at radius 3 is 2.34 bits per heavy atom. The predicted octanol–water partition coefficient (Wildman–Crippen LogP) is 5.14. The van der Waals surface area contributed by atoms with Crippen molar-refractivity contribution >= 4 is 5.97 Å². The Hall–Kier alpha value is -3.47. The number of hydrogen-bond donors (Lipinski definition) is 1. The van der Waals surface area contributed by atoms with Crippen molar-refractivity contribution in [2.75, 3.05) is 0 Å². The Labute approximate surface area is 168 Å². The van der Waals surface area contributed by atoms with E-state index in [4.69, 9.17) is 14.2 Å². The molecule has 1 N–H and O–H groups in total. The second-order valence-electron chi connectivity index (χ2n) is 8.27. The van der Waals surface area contributed by atoms with E-state index in [1.54, 1.807) is 24.3 Å². The van der Waals surface area contributed by atoms with Gasteiger partial charge in [-0.05, 0) is 51.1 Å². The minimum absolute atomic E-state index is 0.0713. The number of phenols is 1. The van der Waals surface area contributed by atoms with Gasteiger partial charge in [-0.15, -0.1) is 0 Å². The topological polar surface area (TPSA) is 65.0 Å². The molecular weight excluding hydrogens is 368 g/mol. The molecule has 1 spiro atoms. The third-order valence-corrected chi connectivity index (χ3v) is 5.09. The Bertz CT molecular complexity index is 1160. The van der Waals surface area contributed by atoms with E-state index in [9.17, 15) is 9.90 Å². The van der Waals surface area contributed by atoms with Crippen molar-refractivity contribution in [3.63, 3.8) is 0 Å². The molecule has 5 rings (SSSR count). The fourth-order valence-electron chi connectivity index (χ4n) is 4.06. The van der Waals surface area contributed by atoms with Crippen LogP contribution >= 0.6 is 0 Å². The average Bonchev–Trinajstić information content (AvgIpc) is 2.94. The van der Waals surface area contributed by atoms with Crippen LogP contribution in [0.5, 0.6) is 23.0 Å². The minimum atomic E-state index is -1.13. The fraction of sp³-hybridized carbons (Fsp3) is 0.208. The van der Waals surface area contributed by atoms with Crippen LogP contribution in [-0.4, -0.2) is 16.7 Å². The van der Waals surface area contributed by atoms with Crippen molar-refractivity contribution in [3.8, 4) is 23.0 Å². The molecule has 0 aromatic heterocycles. The Morgan fingerprint density at radius 2 is 1.59 bits per heavy atom. The zero-order valence-corrected chi connectivity index (χ0v) is 16.4. The van der Waals surface area contributed by atoms with Gasteiger partial charge in [0.1, 0.15) is 28.6 Å². The zero-order valence-electron chi connectivity index (χ0n) is 16.4. The molecule has 0 amide bonds. The average molecular weight is 388 g/mol. The molecular formula is C24H20O5. The lowest BCUT2D eigenvalue weighted by Gasteiger charge is -2.36. The molecule has 0 aliphatic carbocycles. The highest BCUT2D eigenvalue weighted by atomic mass is 16.6. The lowest BCUT2D eigenvalue weighted by molar-refractivity contribution is 0.0224. The van der Waals surface area contributed by atoms with Crippen LogP contribution in [-0.2, 0) is 10.3 Å². The summed E-state index contributed by atoms with van der Waals surface area (Å²) in [5, 5.41) is 10.0. The van der Waals surface area contributed by atoms with E-state index in [2.05, 4.69) is 0 Å². The number of ether oxygens (including phenoxy) is 3. The molecule has 2 aliphatic rings. The van der Waals surface area contributed by atoms with E-state index in [-0.39, 0.29) is 17.3 Å². The third-order valence-electron chi connectivity index (χ3n) is 5.09. The van der Waals surface area contributed by atoms with E-state index in [0.29, 0.717) is 28.4 Å². The van der Waals surface area contributed by atoms with E-state index >= 15 is 0 Å². The highest BCUT2D eigenvalue weighted by Gasteiger charge is 2.53. The molecule has 1 atom stereocenters. The van der Waals surface area contributed by atoms with Crippen molar-refractivity contribution in [2.45, 2.75) is 32.0 Å². The van der Waals surface area contributed by atoms with Gasteiger partial charge in [0, 0.05) is 28.8 Å². The molecule has 0 fully saturated rings. The molecule has 3 aromatic carbocycles. The molecule has 0 saturated heterocycles. The van der Waals surface area contributed by atoms with Gasteiger partial charge < -0.3 is 19.3 Å². The Morgan fingerprint density at radius 1 is 0.897 bits per heavy atom. The quantitative estimate of drug-likeness (QED) is 0.585. The van der Waals surface area contributed by atoms with Gasteiger partial charge in [0.05, 0.1) is 5.56 Å². The van der Waals surface area contributed by atoms with Gasteiger partial charge in [0.25, 0.3) is 0 Å². The number of rotatable bonds is 1. The summed E-state index contributed by atoms with van der Waals surface area (Å²) in [5.74, 6) is 1.29. The van der Waals surface area contributed by atoms with Gasteiger partial charge in [-0.3, -0.25) is 0 Å². The molecule has 2 heterocycles. The van der Waals surface area contributed by atoms with Crippen LogP contribution in [0, 0.1) is 0 Å². The van der Waals surface area contributed by atoms with Gasteiger partial charge in [0.15, 0.2) is 5.60 Å². The maximum Gasteiger partial charge on any atom is 0.340 e. The molecule has 3 aromatic rings. The molecule has 29 heavy (non-hydrogen) atoms. The van der Waals surface area contributed by atoms with E-state index < -0.39 is 5.60 Å². The number of carbonyl (C=O) groups excluding carboxylic acids is 1. The molecule has 0 radical (unpaired) electrons. The van der Waals surface area contributed by atoms with E-state index in [1.165, 1.54) is 6.07 Å². The van der Waals surface area contributed by atoms with E-state index in [0.717, 1.165) is 11.1 Å². The number of benzene rings is 3. The minimum Gasteiger partial charge on any atom is -0.508 e. The number of hydrogen-bond acceptors (Lipinski definition) is 5. The van der Waals surface area contributed by atoms with Crippen molar-refractivity contribution in [1.29, 1.82) is 0 Å². The normalized spacial score (nSPS) is 19.1. The summed E-state index contributed by atoms with van der Waals surface area (Å²) in [4.78, 5) is 12.7. The van der Waals surface area contributed by atoms with E-state index in [1.807, 2.05) is 51.1 Å². The largest absolute Gasteiger partial charge is 0.508 e. The van der Waals surface area contributed by atoms with Crippen LogP contribution < -0.4 is 9.47 Å². The van der Waals surface area contributed by atoms with Crippen molar-refractivity contribution < 1.29 is 24.1 Å². The van der Waals surface area contributed by atoms with Crippen molar-refractivity contribution in [2.24, 2.45) is 0 Å². The van der Waals surface area contributed by atoms with Crippen molar-refractivity contribution in [3.05, 3.63) is 82.9 Å². The van der Waals surface area contributed by atoms with Crippen LogP contribution in [0.3, 0.4) is 0 Å². The number of esters is 1. The van der Waals surface area contributed by atoms with Gasteiger partial charge in [-0.2, -0.15) is 0 Å². The first-order chi connectivity index (χ1) is 13.8. The number of carbonyl (C=O) groups is 1. The summed E-state index contributed by atoms with van der Waals surface area (Å²) < 4.78 is 18.2. The first-order valence-electron chi connectivity index (χ1n) is 9.46.